The molecule has 4 aliphatic rings. The first-order chi connectivity index (χ1) is 12.2. The highest BCUT2D eigenvalue weighted by atomic mass is 16.5. The average molecular weight is 358 g/mol. The maximum absolute atomic E-state index is 10.7. The summed E-state index contributed by atoms with van der Waals surface area (Å²) in [5, 5.41) is 19.9. The molecule has 0 spiro atoms. The van der Waals surface area contributed by atoms with E-state index in [0.29, 0.717) is 23.7 Å². The Morgan fingerprint density at radius 1 is 1.15 bits per heavy atom. The van der Waals surface area contributed by atoms with Crippen LogP contribution in [0.4, 0.5) is 0 Å². The Balaban J connectivity index is 1.71. The molecule has 0 aliphatic heterocycles. The van der Waals surface area contributed by atoms with Crippen LogP contribution in [0.2, 0.25) is 0 Å². The van der Waals surface area contributed by atoms with E-state index in [1.165, 1.54) is 24.8 Å². The molecule has 0 aromatic rings. The molecule has 8 atom stereocenters. The number of aliphatic hydroxyl groups is 1. The molecule has 4 rings (SSSR count). The van der Waals surface area contributed by atoms with Gasteiger partial charge in [0.25, 0.3) is 0 Å². The molecule has 0 amide bonds. The molecule has 8 unspecified atom stereocenters. The van der Waals surface area contributed by atoms with Crippen LogP contribution in [-0.4, -0.2) is 23.9 Å². The molecule has 3 nitrogen and oxygen atoms in total. The van der Waals surface area contributed by atoms with Gasteiger partial charge in [-0.1, -0.05) is 19.4 Å². The molecule has 0 bridgehead atoms. The molecule has 26 heavy (non-hydrogen) atoms. The van der Waals surface area contributed by atoms with Crippen molar-refractivity contribution in [1.29, 1.82) is 5.26 Å². The smallest absolute Gasteiger partial charge is 0.0911 e. The van der Waals surface area contributed by atoms with Gasteiger partial charge in [-0.15, -0.1) is 0 Å². The van der Waals surface area contributed by atoms with Gasteiger partial charge in [-0.3, -0.25) is 0 Å². The van der Waals surface area contributed by atoms with Crippen molar-refractivity contribution in [2.75, 3.05) is 7.11 Å². The fraction of sp³-hybridized carbons (Fsp3) is 0.870. The first-order valence-corrected chi connectivity index (χ1v) is 10.6. The number of methoxy groups -OCH3 is 1. The van der Waals surface area contributed by atoms with Crippen molar-refractivity contribution < 1.29 is 9.84 Å². The number of hydrogen-bond acceptors (Lipinski definition) is 3. The molecule has 0 heterocycles. The first-order valence-electron chi connectivity index (χ1n) is 10.6. The van der Waals surface area contributed by atoms with Gasteiger partial charge in [0.2, 0.25) is 0 Å². The van der Waals surface area contributed by atoms with Crippen molar-refractivity contribution in [3.8, 4) is 6.07 Å². The van der Waals surface area contributed by atoms with Crippen molar-refractivity contribution in [2.24, 2.45) is 34.5 Å². The SMILES string of the molecule is COC1CC2(C)C(=CC#N)CCC2C2CCC3CC(C)(O)CCC3(C)C12. The third-order valence-corrected chi connectivity index (χ3v) is 9.25. The second-order valence-corrected chi connectivity index (χ2v) is 10.5. The summed E-state index contributed by atoms with van der Waals surface area (Å²) in [4.78, 5) is 0. The number of fused-ring (bicyclic) bond motifs is 5. The largest absolute Gasteiger partial charge is 0.390 e. The minimum atomic E-state index is -0.487. The molecule has 4 saturated carbocycles. The Morgan fingerprint density at radius 3 is 2.62 bits per heavy atom. The predicted octanol–water partition coefficient (Wildman–Crippen LogP) is 4.85. The van der Waals surface area contributed by atoms with Crippen LogP contribution in [0.25, 0.3) is 0 Å². The molecule has 0 saturated heterocycles. The lowest BCUT2D eigenvalue weighted by Gasteiger charge is -2.63. The van der Waals surface area contributed by atoms with E-state index < -0.39 is 5.60 Å². The molecule has 0 aromatic heterocycles. The van der Waals surface area contributed by atoms with E-state index in [1.54, 1.807) is 0 Å². The highest BCUT2D eigenvalue weighted by Crippen LogP contribution is 2.68. The van der Waals surface area contributed by atoms with Crippen LogP contribution in [0.3, 0.4) is 0 Å². The summed E-state index contributed by atoms with van der Waals surface area (Å²) in [6.07, 6.45) is 11.0. The average Bonchev–Trinajstić information content (AvgIpc) is 2.91. The van der Waals surface area contributed by atoms with Crippen molar-refractivity contribution >= 4 is 0 Å². The van der Waals surface area contributed by atoms with Gasteiger partial charge in [0.15, 0.2) is 0 Å². The van der Waals surface area contributed by atoms with E-state index in [-0.39, 0.29) is 16.9 Å². The predicted molar refractivity (Wildman–Crippen MR) is 102 cm³/mol. The molecular weight excluding hydrogens is 322 g/mol. The van der Waals surface area contributed by atoms with Crippen LogP contribution in [-0.2, 0) is 4.74 Å². The molecule has 4 aliphatic carbocycles. The fourth-order valence-electron chi connectivity index (χ4n) is 7.91. The van der Waals surface area contributed by atoms with Gasteiger partial charge < -0.3 is 9.84 Å². The van der Waals surface area contributed by atoms with Crippen LogP contribution in [0.15, 0.2) is 11.6 Å². The number of nitrogens with zero attached hydrogens (tertiary/aromatic N) is 1. The first kappa shape index (κ1) is 18.5. The van der Waals surface area contributed by atoms with Crippen molar-refractivity contribution in [3.63, 3.8) is 0 Å². The van der Waals surface area contributed by atoms with Crippen molar-refractivity contribution in [3.05, 3.63) is 11.6 Å². The summed E-state index contributed by atoms with van der Waals surface area (Å²) < 4.78 is 6.15. The van der Waals surface area contributed by atoms with E-state index in [9.17, 15) is 10.4 Å². The lowest BCUT2D eigenvalue weighted by atomic mass is 9.43. The van der Waals surface area contributed by atoms with E-state index in [2.05, 4.69) is 19.9 Å². The van der Waals surface area contributed by atoms with Gasteiger partial charge >= 0.3 is 0 Å². The van der Waals surface area contributed by atoms with Gasteiger partial charge in [-0.2, -0.15) is 5.26 Å². The molecular formula is C23H35NO2. The summed E-state index contributed by atoms with van der Waals surface area (Å²) in [6.45, 7) is 6.93. The summed E-state index contributed by atoms with van der Waals surface area (Å²) in [7, 11) is 1.89. The lowest BCUT2D eigenvalue weighted by molar-refractivity contribution is -0.186. The minimum absolute atomic E-state index is 0.140. The van der Waals surface area contributed by atoms with E-state index >= 15 is 0 Å². The van der Waals surface area contributed by atoms with Crippen molar-refractivity contribution in [1.82, 2.24) is 0 Å². The third kappa shape index (κ3) is 2.52. The number of nitriles is 1. The van der Waals surface area contributed by atoms with Crippen LogP contribution in [0.5, 0.6) is 0 Å². The monoisotopic (exact) mass is 357 g/mol. The zero-order valence-electron chi connectivity index (χ0n) is 16.9. The Kier molecular flexibility index (Phi) is 4.33. The van der Waals surface area contributed by atoms with Gasteiger partial charge in [-0.05, 0) is 92.8 Å². The van der Waals surface area contributed by atoms with E-state index in [4.69, 9.17) is 4.74 Å². The van der Waals surface area contributed by atoms with Crippen LogP contribution in [0.1, 0.15) is 72.1 Å². The Bertz CT molecular complexity index is 647. The number of rotatable bonds is 1. The molecule has 4 fully saturated rings. The summed E-state index contributed by atoms with van der Waals surface area (Å²) in [6, 6.07) is 2.30. The van der Waals surface area contributed by atoms with Gasteiger partial charge in [0.1, 0.15) is 0 Å². The fourth-order valence-corrected chi connectivity index (χ4v) is 7.91. The maximum atomic E-state index is 10.7. The van der Waals surface area contributed by atoms with Crippen LogP contribution < -0.4 is 0 Å². The second kappa shape index (κ2) is 6.08. The molecule has 0 aromatic carbocycles. The van der Waals surface area contributed by atoms with Gasteiger partial charge in [0, 0.05) is 13.2 Å². The van der Waals surface area contributed by atoms with Gasteiger partial charge in [-0.25, -0.2) is 0 Å². The zero-order valence-corrected chi connectivity index (χ0v) is 16.9. The van der Waals surface area contributed by atoms with Crippen molar-refractivity contribution in [2.45, 2.75) is 83.8 Å². The normalized spacial score (nSPS) is 54.9. The highest BCUT2D eigenvalue weighted by Gasteiger charge is 2.63. The Morgan fingerprint density at radius 2 is 1.92 bits per heavy atom. The highest BCUT2D eigenvalue weighted by molar-refractivity contribution is 5.29. The van der Waals surface area contributed by atoms with E-state index in [0.717, 1.165) is 32.1 Å². The maximum Gasteiger partial charge on any atom is 0.0911 e. The third-order valence-electron chi connectivity index (χ3n) is 9.25. The minimum Gasteiger partial charge on any atom is -0.390 e. The number of allylic oxidation sites excluding steroid dienone is 2. The number of ether oxygens (including phenoxy) is 1. The molecule has 3 heteroatoms. The molecule has 144 valence electrons. The summed E-state index contributed by atoms with van der Waals surface area (Å²) >= 11 is 0. The van der Waals surface area contributed by atoms with E-state index in [1.807, 2.05) is 20.1 Å². The lowest BCUT2D eigenvalue weighted by Crippen LogP contribution is -2.59. The Labute approximate surface area is 158 Å². The summed E-state index contributed by atoms with van der Waals surface area (Å²) in [5.74, 6) is 2.61. The quantitative estimate of drug-likeness (QED) is 0.682. The number of hydrogen-bond donors (Lipinski definition) is 1. The van der Waals surface area contributed by atoms with Gasteiger partial charge in [0.05, 0.1) is 17.8 Å². The summed E-state index contributed by atoms with van der Waals surface area (Å²) in [5.41, 5.74) is 1.30. The van der Waals surface area contributed by atoms with Crippen LogP contribution in [0, 0.1) is 45.8 Å². The second-order valence-electron chi connectivity index (χ2n) is 10.5. The molecule has 0 radical (unpaired) electrons. The molecule has 1 N–H and O–H groups in total. The topological polar surface area (TPSA) is 53.2 Å². The zero-order chi connectivity index (χ0) is 18.7. The standard InChI is InChI=1S/C23H35NO2/c1-21(25)10-11-22(2)16(13-21)5-7-17-18-8-6-15(9-12-24)23(18,3)14-19(26-4)20(17)22/h9,16-20,25H,5-8,10-11,13-14H2,1-4H3. The Hall–Kier alpha value is -0.850. The van der Waals surface area contributed by atoms with Crippen LogP contribution >= 0.6 is 0 Å².